The topological polar surface area (TPSA) is 37.5 Å². The normalized spacial score (nSPS) is 11.1. The second kappa shape index (κ2) is 7.06. The molecule has 1 aromatic rings. The highest BCUT2D eigenvalue weighted by molar-refractivity contribution is 9.09. The van der Waals surface area contributed by atoms with Crippen LogP contribution < -0.4 is 5.49 Å². The third-order valence-electron chi connectivity index (χ3n) is 1.64. The maximum atomic E-state index is 9.35. The van der Waals surface area contributed by atoms with Crippen LogP contribution in [0.5, 0.6) is 0 Å². The smallest absolute Gasteiger partial charge is 0.163 e. The molecule has 1 heterocycles. The number of halogens is 2. The van der Waals surface area contributed by atoms with Gasteiger partial charge in [-0.25, -0.2) is 0 Å². The predicted molar refractivity (Wildman–Crippen MR) is 65.5 cm³/mol. The Morgan fingerprint density at radius 1 is 1.57 bits per heavy atom. The fraction of sp³-hybridized carbons (Fsp3) is 0.444. The highest BCUT2D eigenvalue weighted by atomic mass is 79.9. The van der Waals surface area contributed by atoms with Crippen LogP contribution in [0, 0.1) is 6.92 Å². The molecule has 0 saturated heterocycles. The third-order valence-corrected chi connectivity index (χ3v) is 2.20. The van der Waals surface area contributed by atoms with E-state index in [0.717, 1.165) is 28.6 Å². The molecule has 0 aromatic carbocycles. The summed E-state index contributed by atoms with van der Waals surface area (Å²) >= 11 is 3.33. The molecule has 0 aliphatic rings. The molecule has 0 fully saturated rings. The van der Waals surface area contributed by atoms with E-state index in [9.17, 15) is 5.21 Å². The molecular formula is C9H14Br2N2O. The Kier molecular flexibility index (Phi) is 6.92. The van der Waals surface area contributed by atoms with Crippen LogP contribution in [-0.4, -0.2) is 21.8 Å². The van der Waals surface area contributed by atoms with Crippen LogP contribution in [0.15, 0.2) is 23.3 Å². The number of hydrogen-bond acceptors (Lipinski definition) is 2. The molecule has 14 heavy (non-hydrogen) atoms. The summed E-state index contributed by atoms with van der Waals surface area (Å²) in [7, 11) is 0. The first-order valence-corrected chi connectivity index (χ1v) is 5.31. The summed E-state index contributed by atoms with van der Waals surface area (Å²) in [5.41, 5.74) is 1.71. The van der Waals surface area contributed by atoms with Crippen molar-refractivity contribution in [3.63, 3.8) is 0 Å². The minimum Gasteiger partial charge on any atom is -0.427 e. The van der Waals surface area contributed by atoms with E-state index in [1.807, 2.05) is 19.1 Å². The van der Waals surface area contributed by atoms with Crippen molar-refractivity contribution in [2.75, 3.05) is 11.9 Å². The molecule has 0 atom stereocenters. The quantitative estimate of drug-likeness (QED) is 0.517. The van der Waals surface area contributed by atoms with Crippen LogP contribution in [0.4, 0.5) is 0 Å². The molecule has 0 bridgehead atoms. The van der Waals surface area contributed by atoms with E-state index < -0.39 is 0 Å². The lowest BCUT2D eigenvalue weighted by atomic mass is 10.3. The summed E-state index contributed by atoms with van der Waals surface area (Å²) in [4.78, 5) is 4.24. The van der Waals surface area contributed by atoms with Gasteiger partial charge in [0.25, 0.3) is 0 Å². The number of rotatable bonds is 3. The first-order valence-electron chi connectivity index (χ1n) is 4.19. The first kappa shape index (κ1) is 13.7. The Morgan fingerprint density at radius 3 is 2.93 bits per heavy atom. The van der Waals surface area contributed by atoms with E-state index in [1.165, 1.54) is 0 Å². The van der Waals surface area contributed by atoms with Crippen molar-refractivity contribution in [2.45, 2.75) is 13.3 Å². The van der Waals surface area contributed by atoms with Crippen molar-refractivity contribution in [3.05, 3.63) is 29.4 Å². The molecule has 0 radical (unpaired) electrons. The fourth-order valence-electron chi connectivity index (χ4n) is 0.954. The molecule has 5 heteroatoms. The molecular weight excluding hydrogens is 312 g/mol. The standard InChI is InChI=1S/C9H13BrN2O.BrH/c1-8-3-6-12(13)9(7-8)11-5-2-4-10;/h3,6-7,13H,2,4-5H2,1H3;1H. The zero-order chi connectivity index (χ0) is 9.68. The van der Waals surface area contributed by atoms with Gasteiger partial charge in [-0.3, -0.25) is 4.99 Å². The maximum Gasteiger partial charge on any atom is 0.163 e. The molecule has 0 aliphatic carbocycles. The number of hydrogen-bond donors (Lipinski definition) is 1. The average molecular weight is 326 g/mol. The van der Waals surface area contributed by atoms with Gasteiger partial charge in [0.2, 0.25) is 0 Å². The number of aryl methyl sites for hydroxylation is 1. The van der Waals surface area contributed by atoms with Crippen LogP contribution in [0.25, 0.3) is 0 Å². The molecule has 1 rings (SSSR count). The van der Waals surface area contributed by atoms with Gasteiger partial charge in [0, 0.05) is 18.1 Å². The Morgan fingerprint density at radius 2 is 2.29 bits per heavy atom. The number of aromatic nitrogens is 1. The molecule has 0 amide bonds. The molecule has 0 aliphatic heterocycles. The third kappa shape index (κ3) is 4.28. The van der Waals surface area contributed by atoms with Gasteiger partial charge in [0.1, 0.15) is 0 Å². The van der Waals surface area contributed by atoms with Gasteiger partial charge in [-0.1, -0.05) is 15.9 Å². The fourth-order valence-corrected chi connectivity index (χ4v) is 1.20. The summed E-state index contributed by atoms with van der Waals surface area (Å²) in [5, 5.41) is 10.3. The lowest BCUT2D eigenvalue weighted by Gasteiger charge is -1.99. The van der Waals surface area contributed by atoms with Gasteiger partial charge < -0.3 is 5.21 Å². The molecule has 80 valence electrons. The van der Waals surface area contributed by atoms with Crippen LogP contribution in [0.2, 0.25) is 0 Å². The van der Waals surface area contributed by atoms with Gasteiger partial charge >= 0.3 is 0 Å². The van der Waals surface area contributed by atoms with Gasteiger partial charge in [0.15, 0.2) is 5.49 Å². The Hall–Kier alpha value is -0.290. The highest BCUT2D eigenvalue weighted by Crippen LogP contribution is 1.90. The van der Waals surface area contributed by atoms with Gasteiger partial charge in [-0.2, -0.15) is 4.73 Å². The van der Waals surface area contributed by atoms with Crippen molar-refractivity contribution in [3.8, 4) is 0 Å². The van der Waals surface area contributed by atoms with Gasteiger partial charge in [-0.05, 0) is 31.0 Å². The largest absolute Gasteiger partial charge is 0.427 e. The molecule has 0 unspecified atom stereocenters. The van der Waals surface area contributed by atoms with E-state index in [1.54, 1.807) is 6.20 Å². The molecule has 1 N–H and O–H groups in total. The monoisotopic (exact) mass is 324 g/mol. The Balaban J connectivity index is 0.00000169. The summed E-state index contributed by atoms with van der Waals surface area (Å²) in [5.74, 6) is 0. The minimum absolute atomic E-state index is 0. The van der Waals surface area contributed by atoms with Crippen LogP contribution >= 0.6 is 32.9 Å². The highest BCUT2D eigenvalue weighted by Gasteiger charge is 1.90. The Bertz CT molecular complexity index is 336. The van der Waals surface area contributed by atoms with Gasteiger partial charge in [0.05, 0.1) is 0 Å². The summed E-state index contributed by atoms with van der Waals surface area (Å²) in [6.45, 7) is 2.71. The zero-order valence-electron chi connectivity index (χ0n) is 7.98. The second-order valence-corrected chi connectivity index (χ2v) is 3.62. The lowest BCUT2D eigenvalue weighted by Crippen LogP contribution is -2.18. The van der Waals surface area contributed by atoms with Gasteiger partial charge in [-0.15, -0.1) is 17.0 Å². The van der Waals surface area contributed by atoms with Crippen molar-refractivity contribution in [2.24, 2.45) is 4.99 Å². The molecule has 0 saturated carbocycles. The average Bonchev–Trinajstić information content (AvgIpc) is 2.11. The number of pyridine rings is 1. The van der Waals surface area contributed by atoms with Crippen molar-refractivity contribution >= 4 is 32.9 Å². The molecule has 3 nitrogen and oxygen atoms in total. The SMILES string of the molecule is Br.Cc1ccn(O)c(=NCCCBr)c1. The van der Waals surface area contributed by atoms with Crippen molar-refractivity contribution < 1.29 is 5.21 Å². The van der Waals surface area contributed by atoms with E-state index in [4.69, 9.17) is 0 Å². The Labute approximate surface area is 102 Å². The lowest BCUT2D eigenvalue weighted by molar-refractivity contribution is 0.171. The maximum absolute atomic E-state index is 9.35. The van der Waals surface area contributed by atoms with E-state index >= 15 is 0 Å². The first-order chi connectivity index (χ1) is 6.24. The number of alkyl halides is 1. The van der Waals surface area contributed by atoms with Crippen LogP contribution in [0.3, 0.4) is 0 Å². The summed E-state index contributed by atoms with van der Waals surface area (Å²) < 4.78 is 1.04. The molecule has 1 aromatic heterocycles. The molecule has 0 spiro atoms. The predicted octanol–water partition coefficient (Wildman–Crippen LogP) is 2.30. The van der Waals surface area contributed by atoms with E-state index in [0.29, 0.717) is 5.49 Å². The second-order valence-electron chi connectivity index (χ2n) is 2.83. The zero-order valence-corrected chi connectivity index (χ0v) is 11.3. The van der Waals surface area contributed by atoms with Crippen LogP contribution in [-0.2, 0) is 0 Å². The number of nitrogens with zero attached hydrogens (tertiary/aromatic N) is 2. The van der Waals surface area contributed by atoms with Crippen molar-refractivity contribution in [1.29, 1.82) is 0 Å². The van der Waals surface area contributed by atoms with E-state index in [2.05, 4.69) is 20.9 Å². The summed E-state index contributed by atoms with van der Waals surface area (Å²) in [6.07, 6.45) is 2.58. The van der Waals surface area contributed by atoms with Crippen molar-refractivity contribution in [1.82, 2.24) is 4.73 Å². The minimum atomic E-state index is 0. The van der Waals surface area contributed by atoms with Crippen LogP contribution in [0.1, 0.15) is 12.0 Å². The summed E-state index contributed by atoms with van der Waals surface area (Å²) in [6, 6.07) is 3.69. The van der Waals surface area contributed by atoms with E-state index in [-0.39, 0.29) is 17.0 Å².